The standard InChI is InChI=1S/C16H24ClN5S/c1-22-16(19-10-20-22)13-8-14(23-15(13)17)21-12(9-18)7-11-5-3-2-4-6-11/h8,10-12,21H,2-7,9,18H2,1H3/t12-/m0/s1. The fraction of sp³-hybridized carbons (Fsp3) is 0.625. The Hall–Kier alpha value is -1.11. The number of nitrogens with two attached hydrogens (primary N) is 1. The first-order valence-electron chi connectivity index (χ1n) is 8.27. The smallest absolute Gasteiger partial charge is 0.160 e. The lowest BCUT2D eigenvalue weighted by Gasteiger charge is -2.26. The van der Waals surface area contributed by atoms with Crippen LogP contribution in [0, 0.1) is 5.92 Å². The van der Waals surface area contributed by atoms with Crippen LogP contribution in [0.1, 0.15) is 38.5 Å². The van der Waals surface area contributed by atoms with Crippen LogP contribution < -0.4 is 11.1 Å². The normalized spacial score (nSPS) is 17.3. The summed E-state index contributed by atoms with van der Waals surface area (Å²) in [5.74, 6) is 1.59. The molecule has 0 bridgehead atoms. The Morgan fingerprint density at radius 2 is 2.22 bits per heavy atom. The molecule has 1 atom stereocenters. The first-order chi connectivity index (χ1) is 11.2. The summed E-state index contributed by atoms with van der Waals surface area (Å²) in [6, 6.07) is 2.36. The number of thiophene rings is 1. The molecule has 0 radical (unpaired) electrons. The minimum absolute atomic E-state index is 0.306. The Morgan fingerprint density at radius 1 is 1.43 bits per heavy atom. The zero-order chi connectivity index (χ0) is 16.2. The fourth-order valence-corrected chi connectivity index (χ4v) is 4.62. The Balaban J connectivity index is 1.68. The zero-order valence-corrected chi connectivity index (χ0v) is 15.0. The molecular formula is C16H24ClN5S. The molecule has 23 heavy (non-hydrogen) atoms. The number of rotatable bonds is 6. The maximum atomic E-state index is 6.39. The zero-order valence-electron chi connectivity index (χ0n) is 13.5. The maximum absolute atomic E-state index is 6.39. The van der Waals surface area contributed by atoms with Gasteiger partial charge in [0.15, 0.2) is 5.82 Å². The summed E-state index contributed by atoms with van der Waals surface area (Å²) < 4.78 is 2.47. The van der Waals surface area contributed by atoms with Gasteiger partial charge in [-0.05, 0) is 18.4 Å². The fourth-order valence-electron chi connectivity index (χ4n) is 3.37. The van der Waals surface area contributed by atoms with Gasteiger partial charge in [0.2, 0.25) is 0 Å². The summed E-state index contributed by atoms with van der Waals surface area (Å²) in [5.41, 5.74) is 6.91. The minimum Gasteiger partial charge on any atom is -0.373 e. The molecule has 0 spiro atoms. The van der Waals surface area contributed by atoms with Gasteiger partial charge in [-0.2, -0.15) is 5.10 Å². The number of nitrogens with one attached hydrogen (secondary N) is 1. The summed E-state index contributed by atoms with van der Waals surface area (Å²) >= 11 is 7.94. The van der Waals surface area contributed by atoms with Gasteiger partial charge in [0, 0.05) is 19.6 Å². The third kappa shape index (κ3) is 4.05. The molecule has 2 aromatic rings. The van der Waals surface area contributed by atoms with E-state index in [2.05, 4.69) is 21.5 Å². The lowest BCUT2D eigenvalue weighted by molar-refractivity contribution is 0.325. The molecule has 1 fully saturated rings. The number of anilines is 1. The van der Waals surface area contributed by atoms with Gasteiger partial charge in [0.1, 0.15) is 10.7 Å². The van der Waals surface area contributed by atoms with Crippen LogP contribution in [0.4, 0.5) is 5.00 Å². The molecule has 126 valence electrons. The van der Waals surface area contributed by atoms with E-state index >= 15 is 0 Å². The van der Waals surface area contributed by atoms with E-state index in [1.165, 1.54) is 32.1 Å². The summed E-state index contributed by atoms with van der Waals surface area (Å²) in [7, 11) is 1.87. The first-order valence-corrected chi connectivity index (χ1v) is 9.47. The highest BCUT2D eigenvalue weighted by atomic mass is 35.5. The summed E-state index contributed by atoms with van der Waals surface area (Å²) in [4.78, 5) is 4.27. The second-order valence-electron chi connectivity index (χ2n) is 6.32. The highest BCUT2D eigenvalue weighted by molar-refractivity contribution is 7.20. The van der Waals surface area contributed by atoms with Crippen LogP contribution in [-0.2, 0) is 7.05 Å². The largest absolute Gasteiger partial charge is 0.373 e. The van der Waals surface area contributed by atoms with Crippen molar-refractivity contribution in [3.8, 4) is 11.4 Å². The molecule has 1 saturated carbocycles. The van der Waals surface area contributed by atoms with Gasteiger partial charge < -0.3 is 11.1 Å². The first kappa shape index (κ1) is 16.7. The van der Waals surface area contributed by atoms with E-state index in [0.717, 1.165) is 33.1 Å². The van der Waals surface area contributed by atoms with E-state index in [4.69, 9.17) is 17.3 Å². The van der Waals surface area contributed by atoms with Crippen molar-refractivity contribution in [2.45, 2.75) is 44.6 Å². The minimum atomic E-state index is 0.306. The van der Waals surface area contributed by atoms with Crippen molar-refractivity contribution in [3.05, 3.63) is 16.7 Å². The van der Waals surface area contributed by atoms with Crippen LogP contribution in [0.5, 0.6) is 0 Å². The number of nitrogens with zero attached hydrogens (tertiary/aromatic N) is 3. The van der Waals surface area contributed by atoms with Gasteiger partial charge in [0.05, 0.1) is 10.6 Å². The highest BCUT2D eigenvalue weighted by Gasteiger charge is 2.20. The van der Waals surface area contributed by atoms with E-state index in [1.807, 2.05) is 7.05 Å². The molecule has 0 saturated heterocycles. The Kier molecular flexibility index (Phi) is 5.56. The average molecular weight is 354 g/mol. The molecule has 1 aliphatic rings. The lowest BCUT2D eigenvalue weighted by Crippen LogP contribution is -2.31. The van der Waals surface area contributed by atoms with E-state index < -0.39 is 0 Å². The van der Waals surface area contributed by atoms with Crippen molar-refractivity contribution in [3.63, 3.8) is 0 Å². The van der Waals surface area contributed by atoms with Crippen LogP contribution in [0.15, 0.2) is 12.4 Å². The Bertz CT molecular complexity index is 632. The van der Waals surface area contributed by atoms with Crippen molar-refractivity contribution in [2.75, 3.05) is 11.9 Å². The second kappa shape index (κ2) is 7.64. The van der Waals surface area contributed by atoms with Crippen LogP contribution in [0.2, 0.25) is 4.34 Å². The van der Waals surface area contributed by atoms with Gasteiger partial charge in [-0.3, -0.25) is 0 Å². The van der Waals surface area contributed by atoms with Crippen LogP contribution in [0.25, 0.3) is 11.4 Å². The molecule has 2 heterocycles. The molecule has 0 aliphatic heterocycles. The molecular weight excluding hydrogens is 330 g/mol. The number of halogens is 1. The summed E-state index contributed by atoms with van der Waals surface area (Å²) in [6.45, 7) is 0.644. The Morgan fingerprint density at radius 3 is 2.87 bits per heavy atom. The van der Waals surface area contributed by atoms with Gasteiger partial charge in [-0.15, -0.1) is 11.3 Å². The van der Waals surface area contributed by atoms with Gasteiger partial charge >= 0.3 is 0 Å². The third-order valence-electron chi connectivity index (χ3n) is 4.61. The molecule has 1 aliphatic carbocycles. The van der Waals surface area contributed by atoms with Gasteiger partial charge in [-0.25, -0.2) is 9.67 Å². The number of hydrogen-bond acceptors (Lipinski definition) is 5. The second-order valence-corrected chi connectivity index (χ2v) is 7.98. The summed E-state index contributed by atoms with van der Waals surface area (Å²) in [5, 5.41) is 8.73. The molecule has 3 rings (SSSR count). The number of aromatic nitrogens is 3. The SMILES string of the molecule is Cn1ncnc1-c1cc(N[C@H](CN)CC2CCCCC2)sc1Cl. The van der Waals surface area contributed by atoms with Gasteiger partial charge in [0.25, 0.3) is 0 Å². The topological polar surface area (TPSA) is 68.8 Å². The van der Waals surface area contributed by atoms with Crippen molar-refractivity contribution in [1.29, 1.82) is 0 Å². The quantitative estimate of drug-likeness (QED) is 0.826. The lowest BCUT2D eigenvalue weighted by atomic mass is 9.85. The predicted molar refractivity (Wildman–Crippen MR) is 97.0 cm³/mol. The van der Waals surface area contributed by atoms with Crippen LogP contribution in [0.3, 0.4) is 0 Å². The average Bonchev–Trinajstić information content (AvgIpc) is 3.13. The molecule has 3 N–H and O–H groups in total. The summed E-state index contributed by atoms with van der Waals surface area (Å²) in [6.07, 6.45) is 9.49. The maximum Gasteiger partial charge on any atom is 0.160 e. The van der Waals surface area contributed by atoms with Crippen molar-refractivity contribution >= 4 is 27.9 Å². The van der Waals surface area contributed by atoms with Crippen LogP contribution in [-0.4, -0.2) is 27.4 Å². The van der Waals surface area contributed by atoms with Gasteiger partial charge in [-0.1, -0.05) is 43.7 Å². The predicted octanol–water partition coefficient (Wildman–Crippen LogP) is 3.91. The van der Waals surface area contributed by atoms with Crippen molar-refractivity contribution < 1.29 is 0 Å². The number of hydrogen-bond donors (Lipinski definition) is 2. The van der Waals surface area contributed by atoms with E-state index in [9.17, 15) is 0 Å². The molecule has 0 aromatic carbocycles. The molecule has 5 nitrogen and oxygen atoms in total. The molecule has 0 unspecified atom stereocenters. The van der Waals surface area contributed by atoms with E-state index in [-0.39, 0.29) is 0 Å². The molecule has 7 heteroatoms. The highest BCUT2D eigenvalue weighted by Crippen LogP contribution is 2.38. The van der Waals surface area contributed by atoms with Crippen molar-refractivity contribution in [2.24, 2.45) is 18.7 Å². The molecule has 0 amide bonds. The molecule has 2 aromatic heterocycles. The number of aryl methyl sites for hydroxylation is 1. The van der Waals surface area contributed by atoms with E-state index in [0.29, 0.717) is 12.6 Å². The van der Waals surface area contributed by atoms with Crippen LogP contribution >= 0.6 is 22.9 Å². The Labute approximate surface area is 146 Å². The monoisotopic (exact) mass is 353 g/mol. The van der Waals surface area contributed by atoms with Crippen molar-refractivity contribution in [1.82, 2.24) is 14.8 Å². The van der Waals surface area contributed by atoms with E-state index in [1.54, 1.807) is 22.3 Å². The third-order valence-corrected chi connectivity index (χ3v) is 5.90.